The van der Waals surface area contributed by atoms with Gasteiger partial charge in [0.1, 0.15) is 11.6 Å². The zero-order chi connectivity index (χ0) is 21.0. The minimum atomic E-state index is -1.17. The van der Waals surface area contributed by atoms with Crippen molar-refractivity contribution in [1.82, 2.24) is 0 Å². The average molecular weight is 398 g/mol. The van der Waals surface area contributed by atoms with Gasteiger partial charge in [-0.05, 0) is 43.3 Å². The predicted octanol–water partition coefficient (Wildman–Crippen LogP) is 4.18. The number of ether oxygens (including phenoxy) is 1. The number of carbonyl (C=O) groups excluding carboxylic acids is 2. The first kappa shape index (κ1) is 19.7. The van der Waals surface area contributed by atoms with Crippen molar-refractivity contribution in [3.05, 3.63) is 82.4 Å². The minimum absolute atomic E-state index is 0.119. The summed E-state index contributed by atoms with van der Waals surface area (Å²) in [5, 5.41) is 13.1. The van der Waals surface area contributed by atoms with Crippen molar-refractivity contribution in [3.63, 3.8) is 0 Å². The van der Waals surface area contributed by atoms with Crippen LogP contribution in [0.25, 0.3) is 11.3 Å². The van der Waals surface area contributed by atoms with Gasteiger partial charge in [-0.3, -0.25) is 14.9 Å². The van der Waals surface area contributed by atoms with Gasteiger partial charge in [0.15, 0.2) is 6.10 Å². The second-order valence-electron chi connectivity index (χ2n) is 5.98. The molecule has 1 atom stereocenters. The summed E-state index contributed by atoms with van der Waals surface area (Å²) in [6, 6.07) is 13.9. The fourth-order valence-corrected chi connectivity index (χ4v) is 2.44. The quantitative estimate of drug-likeness (QED) is 0.379. The molecule has 1 aromatic heterocycles. The number of rotatable bonds is 6. The van der Waals surface area contributed by atoms with Gasteiger partial charge in [-0.15, -0.1) is 0 Å². The van der Waals surface area contributed by atoms with Crippen molar-refractivity contribution in [2.45, 2.75) is 13.0 Å². The zero-order valence-corrected chi connectivity index (χ0v) is 15.1. The molecule has 1 amide bonds. The van der Waals surface area contributed by atoms with Gasteiger partial charge in [0.05, 0.1) is 10.5 Å². The number of hydrogen-bond acceptors (Lipinski definition) is 6. The third-order valence-corrected chi connectivity index (χ3v) is 3.95. The van der Waals surface area contributed by atoms with E-state index in [0.29, 0.717) is 5.69 Å². The number of nitro benzene ring substituents is 1. The Kier molecular flexibility index (Phi) is 5.68. The molecule has 1 unspecified atom stereocenters. The van der Waals surface area contributed by atoms with Crippen LogP contribution in [0, 0.1) is 15.9 Å². The van der Waals surface area contributed by atoms with Gasteiger partial charge in [0, 0.05) is 17.8 Å². The van der Waals surface area contributed by atoms with Crippen LogP contribution in [0.1, 0.15) is 17.5 Å². The van der Waals surface area contributed by atoms with Crippen LogP contribution < -0.4 is 5.32 Å². The van der Waals surface area contributed by atoms with Crippen molar-refractivity contribution in [1.29, 1.82) is 0 Å². The Labute approximate surface area is 164 Å². The first-order valence-electron chi connectivity index (χ1n) is 8.46. The zero-order valence-electron chi connectivity index (χ0n) is 15.1. The molecular weight excluding hydrogens is 383 g/mol. The Balaban J connectivity index is 1.62. The largest absolute Gasteiger partial charge is 0.449 e. The Morgan fingerprint density at radius 2 is 1.79 bits per heavy atom. The van der Waals surface area contributed by atoms with Crippen molar-refractivity contribution < 1.29 is 28.1 Å². The SMILES string of the molecule is CC(OC(=O)c1ccc(-c2ccccc2F)o1)C(=O)Nc1ccc([N+](=O)[O-])cc1. The third kappa shape index (κ3) is 4.64. The summed E-state index contributed by atoms with van der Waals surface area (Å²) in [5.74, 6) is -2.05. The number of carbonyl (C=O) groups is 2. The maximum absolute atomic E-state index is 13.8. The highest BCUT2D eigenvalue weighted by atomic mass is 19.1. The second-order valence-corrected chi connectivity index (χ2v) is 5.98. The Bertz CT molecular complexity index is 1060. The molecule has 0 aliphatic carbocycles. The van der Waals surface area contributed by atoms with Gasteiger partial charge in [0.2, 0.25) is 5.76 Å². The number of non-ortho nitro benzene ring substituents is 1. The van der Waals surface area contributed by atoms with E-state index in [2.05, 4.69) is 5.32 Å². The van der Waals surface area contributed by atoms with Crippen molar-refractivity contribution in [2.75, 3.05) is 5.32 Å². The predicted molar refractivity (Wildman–Crippen MR) is 101 cm³/mol. The lowest BCUT2D eigenvalue weighted by Crippen LogP contribution is -2.29. The molecule has 3 aromatic rings. The van der Waals surface area contributed by atoms with Crippen molar-refractivity contribution >= 4 is 23.3 Å². The maximum atomic E-state index is 13.8. The topological polar surface area (TPSA) is 112 Å². The van der Waals surface area contributed by atoms with E-state index in [1.165, 1.54) is 61.5 Å². The number of hydrogen-bond donors (Lipinski definition) is 1. The van der Waals surface area contributed by atoms with Gasteiger partial charge in [0.25, 0.3) is 11.6 Å². The third-order valence-electron chi connectivity index (χ3n) is 3.95. The number of halogens is 1. The maximum Gasteiger partial charge on any atom is 0.375 e. The Morgan fingerprint density at radius 1 is 1.10 bits per heavy atom. The molecule has 8 nitrogen and oxygen atoms in total. The van der Waals surface area contributed by atoms with E-state index in [4.69, 9.17) is 9.15 Å². The average Bonchev–Trinajstić information content (AvgIpc) is 3.18. The summed E-state index contributed by atoms with van der Waals surface area (Å²) in [4.78, 5) is 34.4. The number of nitrogens with one attached hydrogen (secondary N) is 1. The number of anilines is 1. The van der Waals surface area contributed by atoms with Gasteiger partial charge in [-0.1, -0.05) is 12.1 Å². The lowest BCUT2D eigenvalue weighted by molar-refractivity contribution is -0.384. The van der Waals surface area contributed by atoms with E-state index in [1.54, 1.807) is 6.07 Å². The number of benzene rings is 2. The fraction of sp³-hybridized carbons (Fsp3) is 0.100. The molecule has 0 saturated carbocycles. The van der Waals surface area contributed by atoms with Crippen LogP contribution in [0.4, 0.5) is 15.8 Å². The summed E-state index contributed by atoms with van der Waals surface area (Å²) in [6.45, 7) is 1.36. The summed E-state index contributed by atoms with van der Waals surface area (Å²) in [5.41, 5.74) is 0.379. The molecule has 0 fully saturated rings. The number of amides is 1. The molecule has 0 spiro atoms. The highest BCUT2D eigenvalue weighted by Gasteiger charge is 2.22. The smallest absolute Gasteiger partial charge is 0.375 e. The summed E-state index contributed by atoms with van der Waals surface area (Å²) < 4.78 is 24.2. The molecule has 0 saturated heterocycles. The van der Waals surface area contributed by atoms with E-state index < -0.39 is 28.7 Å². The van der Waals surface area contributed by atoms with Crippen molar-refractivity contribution in [3.8, 4) is 11.3 Å². The van der Waals surface area contributed by atoms with Crippen LogP contribution in [0.2, 0.25) is 0 Å². The summed E-state index contributed by atoms with van der Waals surface area (Å²) in [6.07, 6.45) is -1.17. The Morgan fingerprint density at radius 3 is 2.45 bits per heavy atom. The normalized spacial score (nSPS) is 11.5. The molecule has 0 aliphatic rings. The summed E-state index contributed by atoms with van der Waals surface area (Å²) in [7, 11) is 0. The molecule has 9 heteroatoms. The molecule has 1 N–H and O–H groups in total. The first-order chi connectivity index (χ1) is 13.8. The number of nitro groups is 1. The number of esters is 1. The van der Waals surface area contributed by atoms with E-state index in [0.717, 1.165) is 0 Å². The van der Waals surface area contributed by atoms with Gasteiger partial charge < -0.3 is 14.5 Å². The van der Waals surface area contributed by atoms with Crippen molar-refractivity contribution in [2.24, 2.45) is 0 Å². The molecule has 3 rings (SSSR count). The standard InChI is InChI=1S/C20H15FN2O6/c1-12(19(24)22-13-6-8-14(9-7-13)23(26)27)28-20(25)18-11-10-17(29-18)15-4-2-3-5-16(15)21/h2-12H,1H3,(H,22,24). The highest BCUT2D eigenvalue weighted by Crippen LogP contribution is 2.25. The van der Waals surface area contributed by atoms with Crippen LogP contribution in [-0.2, 0) is 9.53 Å². The molecular formula is C20H15FN2O6. The molecule has 148 valence electrons. The molecule has 1 heterocycles. The lowest BCUT2D eigenvalue weighted by Gasteiger charge is -2.12. The lowest BCUT2D eigenvalue weighted by atomic mass is 10.1. The van der Waals surface area contributed by atoms with E-state index >= 15 is 0 Å². The minimum Gasteiger partial charge on any atom is -0.449 e. The summed E-state index contributed by atoms with van der Waals surface area (Å²) >= 11 is 0. The number of furan rings is 1. The van der Waals surface area contributed by atoms with Crippen LogP contribution in [0.15, 0.2) is 65.1 Å². The highest BCUT2D eigenvalue weighted by molar-refractivity contribution is 5.96. The van der Waals surface area contributed by atoms with Gasteiger partial charge in [-0.2, -0.15) is 0 Å². The van der Waals surface area contributed by atoms with Gasteiger partial charge >= 0.3 is 5.97 Å². The van der Waals surface area contributed by atoms with Gasteiger partial charge in [-0.25, -0.2) is 9.18 Å². The van der Waals surface area contributed by atoms with Crippen LogP contribution >= 0.6 is 0 Å². The Hall–Kier alpha value is -4.01. The molecule has 2 aromatic carbocycles. The molecule has 0 aliphatic heterocycles. The van der Waals surface area contributed by atoms with Crippen LogP contribution in [0.3, 0.4) is 0 Å². The van der Waals surface area contributed by atoms with E-state index in [9.17, 15) is 24.1 Å². The van der Waals surface area contributed by atoms with E-state index in [-0.39, 0.29) is 22.8 Å². The van der Waals surface area contributed by atoms with Crippen LogP contribution in [-0.4, -0.2) is 22.9 Å². The fourth-order valence-electron chi connectivity index (χ4n) is 2.44. The molecule has 0 bridgehead atoms. The van der Waals surface area contributed by atoms with Crippen LogP contribution in [0.5, 0.6) is 0 Å². The molecule has 29 heavy (non-hydrogen) atoms. The number of nitrogens with zero attached hydrogens (tertiary/aromatic N) is 1. The van der Waals surface area contributed by atoms with E-state index in [1.807, 2.05) is 0 Å². The second kappa shape index (κ2) is 8.34. The first-order valence-corrected chi connectivity index (χ1v) is 8.46. The molecule has 0 radical (unpaired) electrons. The monoisotopic (exact) mass is 398 g/mol.